The maximum atomic E-state index is 11.4. The predicted molar refractivity (Wildman–Crippen MR) is 58.7 cm³/mol. The van der Waals surface area contributed by atoms with Gasteiger partial charge in [-0.25, -0.2) is 4.79 Å². The van der Waals surface area contributed by atoms with Crippen LogP contribution in [0.15, 0.2) is 4.99 Å². The van der Waals surface area contributed by atoms with E-state index in [2.05, 4.69) is 15.6 Å². The third kappa shape index (κ3) is 2.64. The largest absolute Gasteiger partial charge is 0.335 e. The number of rotatable bonds is 1. The topological polar surface area (TPSA) is 53.5 Å². The Morgan fingerprint density at radius 2 is 2.21 bits per heavy atom. The molecule has 0 bridgehead atoms. The Hall–Kier alpha value is -0.710. The Balaban J connectivity index is 1.72. The standard InChI is InChI=1S/C9H15N3OS/c13-8(11-7-3-1-2-4-7)12-9-10-5-6-14-9/h7H,1-6H2,(H2,10,11,12,13). The van der Waals surface area contributed by atoms with Crippen molar-refractivity contribution in [3.63, 3.8) is 0 Å². The molecule has 4 nitrogen and oxygen atoms in total. The minimum atomic E-state index is -0.0925. The summed E-state index contributed by atoms with van der Waals surface area (Å²) in [4.78, 5) is 15.6. The van der Waals surface area contributed by atoms with E-state index in [1.807, 2.05) is 0 Å². The summed E-state index contributed by atoms with van der Waals surface area (Å²) in [5.41, 5.74) is 0. The van der Waals surface area contributed by atoms with Gasteiger partial charge in [-0.2, -0.15) is 0 Å². The molecule has 0 aromatic carbocycles. The third-order valence-corrected chi connectivity index (χ3v) is 3.39. The second-order valence-electron chi connectivity index (χ2n) is 3.62. The first-order valence-electron chi connectivity index (χ1n) is 5.09. The monoisotopic (exact) mass is 213 g/mol. The summed E-state index contributed by atoms with van der Waals surface area (Å²) in [7, 11) is 0. The van der Waals surface area contributed by atoms with Crippen molar-refractivity contribution in [2.75, 3.05) is 12.3 Å². The number of nitrogens with one attached hydrogen (secondary N) is 2. The first-order chi connectivity index (χ1) is 6.84. The molecule has 1 saturated carbocycles. The molecule has 0 spiro atoms. The van der Waals surface area contributed by atoms with Crippen molar-refractivity contribution < 1.29 is 4.79 Å². The molecule has 1 heterocycles. The van der Waals surface area contributed by atoms with Gasteiger partial charge in [0.1, 0.15) is 0 Å². The normalized spacial score (nSPS) is 22.1. The van der Waals surface area contributed by atoms with Crippen LogP contribution >= 0.6 is 11.8 Å². The molecule has 2 rings (SSSR count). The van der Waals surface area contributed by atoms with Gasteiger partial charge < -0.3 is 5.32 Å². The van der Waals surface area contributed by atoms with Crippen molar-refractivity contribution in [1.82, 2.24) is 10.6 Å². The van der Waals surface area contributed by atoms with E-state index in [9.17, 15) is 4.79 Å². The molecule has 0 atom stereocenters. The zero-order chi connectivity index (χ0) is 9.80. The Morgan fingerprint density at radius 1 is 1.43 bits per heavy atom. The van der Waals surface area contributed by atoms with Gasteiger partial charge in [0.15, 0.2) is 5.17 Å². The van der Waals surface area contributed by atoms with Gasteiger partial charge in [0.2, 0.25) is 0 Å². The van der Waals surface area contributed by atoms with Crippen LogP contribution in [-0.2, 0) is 0 Å². The van der Waals surface area contributed by atoms with Gasteiger partial charge in [0.05, 0.1) is 6.54 Å². The van der Waals surface area contributed by atoms with Gasteiger partial charge in [-0.15, -0.1) is 0 Å². The SMILES string of the molecule is O=C(NC1=NCCS1)NC1CCCC1. The molecule has 2 N–H and O–H groups in total. The van der Waals surface area contributed by atoms with Crippen molar-refractivity contribution in [1.29, 1.82) is 0 Å². The zero-order valence-corrected chi connectivity index (χ0v) is 8.90. The summed E-state index contributed by atoms with van der Waals surface area (Å²) >= 11 is 1.61. The molecular weight excluding hydrogens is 198 g/mol. The van der Waals surface area contributed by atoms with E-state index in [1.54, 1.807) is 11.8 Å². The Kier molecular flexibility index (Phi) is 3.29. The number of thioether (sulfide) groups is 1. The quantitative estimate of drug-likeness (QED) is 0.690. The summed E-state index contributed by atoms with van der Waals surface area (Å²) in [5.74, 6) is 0.985. The van der Waals surface area contributed by atoms with Crippen LogP contribution < -0.4 is 10.6 Å². The average Bonchev–Trinajstić information content (AvgIpc) is 2.76. The van der Waals surface area contributed by atoms with Gasteiger partial charge in [0.25, 0.3) is 0 Å². The fourth-order valence-electron chi connectivity index (χ4n) is 1.80. The van der Waals surface area contributed by atoms with Gasteiger partial charge in [0, 0.05) is 11.8 Å². The van der Waals surface area contributed by atoms with Crippen molar-refractivity contribution in [3.8, 4) is 0 Å². The highest BCUT2D eigenvalue weighted by molar-refractivity contribution is 8.14. The summed E-state index contributed by atoms with van der Waals surface area (Å²) in [6.45, 7) is 0.823. The van der Waals surface area contributed by atoms with Crippen LogP contribution in [0.5, 0.6) is 0 Å². The number of amidine groups is 1. The molecule has 1 aliphatic carbocycles. The third-order valence-electron chi connectivity index (χ3n) is 2.50. The summed E-state index contributed by atoms with van der Waals surface area (Å²) < 4.78 is 0. The molecular formula is C9H15N3OS. The van der Waals surface area contributed by atoms with Crippen LogP contribution in [0.2, 0.25) is 0 Å². The van der Waals surface area contributed by atoms with Crippen molar-refractivity contribution >= 4 is 23.0 Å². The second kappa shape index (κ2) is 4.68. The smallest absolute Gasteiger partial charge is 0.321 e. The molecule has 0 saturated heterocycles. The molecule has 2 aliphatic rings. The van der Waals surface area contributed by atoms with E-state index in [0.717, 1.165) is 30.3 Å². The van der Waals surface area contributed by atoms with Crippen LogP contribution in [0.25, 0.3) is 0 Å². The highest BCUT2D eigenvalue weighted by Gasteiger charge is 2.18. The number of hydrogen-bond acceptors (Lipinski definition) is 3. The zero-order valence-electron chi connectivity index (χ0n) is 8.08. The molecule has 1 fully saturated rings. The lowest BCUT2D eigenvalue weighted by atomic mass is 10.3. The highest BCUT2D eigenvalue weighted by Crippen LogP contribution is 2.17. The molecule has 2 amide bonds. The average molecular weight is 213 g/mol. The number of carbonyl (C=O) groups is 1. The van der Waals surface area contributed by atoms with Gasteiger partial charge >= 0.3 is 6.03 Å². The summed E-state index contributed by atoms with van der Waals surface area (Å²) in [6.07, 6.45) is 4.71. The number of carbonyl (C=O) groups excluding carboxylic acids is 1. The lowest BCUT2D eigenvalue weighted by Gasteiger charge is -2.12. The van der Waals surface area contributed by atoms with E-state index in [0.29, 0.717) is 6.04 Å². The van der Waals surface area contributed by atoms with Crippen molar-refractivity contribution in [2.24, 2.45) is 4.99 Å². The Bertz CT molecular complexity index is 248. The maximum absolute atomic E-state index is 11.4. The maximum Gasteiger partial charge on any atom is 0.321 e. The van der Waals surface area contributed by atoms with Gasteiger partial charge in [-0.3, -0.25) is 10.3 Å². The van der Waals surface area contributed by atoms with E-state index in [4.69, 9.17) is 0 Å². The molecule has 0 radical (unpaired) electrons. The Morgan fingerprint density at radius 3 is 2.86 bits per heavy atom. The van der Waals surface area contributed by atoms with E-state index in [-0.39, 0.29) is 6.03 Å². The number of aliphatic imine (C=N–C) groups is 1. The minimum absolute atomic E-state index is 0.0925. The first-order valence-corrected chi connectivity index (χ1v) is 6.08. The fourth-order valence-corrected chi connectivity index (χ4v) is 2.52. The fraction of sp³-hybridized carbons (Fsp3) is 0.778. The summed E-state index contributed by atoms with van der Waals surface area (Å²) in [6, 6.07) is 0.284. The van der Waals surface area contributed by atoms with Crippen LogP contribution in [0.3, 0.4) is 0 Å². The summed E-state index contributed by atoms with van der Waals surface area (Å²) in [5, 5.41) is 6.49. The molecule has 14 heavy (non-hydrogen) atoms. The molecule has 5 heteroatoms. The molecule has 78 valence electrons. The first kappa shape index (κ1) is 9.83. The lowest BCUT2D eigenvalue weighted by Crippen LogP contribution is -2.42. The van der Waals surface area contributed by atoms with Crippen molar-refractivity contribution in [2.45, 2.75) is 31.7 Å². The minimum Gasteiger partial charge on any atom is -0.335 e. The van der Waals surface area contributed by atoms with E-state index < -0.39 is 0 Å². The van der Waals surface area contributed by atoms with Crippen molar-refractivity contribution in [3.05, 3.63) is 0 Å². The van der Waals surface area contributed by atoms with Crippen LogP contribution in [-0.4, -0.2) is 29.5 Å². The number of amides is 2. The predicted octanol–water partition coefficient (Wildman–Crippen LogP) is 1.33. The lowest BCUT2D eigenvalue weighted by molar-refractivity contribution is 0.242. The highest BCUT2D eigenvalue weighted by atomic mass is 32.2. The van der Waals surface area contributed by atoms with Crippen LogP contribution in [0.4, 0.5) is 4.79 Å². The van der Waals surface area contributed by atoms with Gasteiger partial charge in [-0.1, -0.05) is 24.6 Å². The van der Waals surface area contributed by atoms with E-state index in [1.165, 1.54) is 12.8 Å². The second-order valence-corrected chi connectivity index (χ2v) is 4.70. The van der Waals surface area contributed by atoms with E-state index >= 15 is 0 Å². The Labute approximate surface area is 87.9 Å². The number of urea groups is 1. The molecule has 0 aromatic heterocycles. The molecule has 0 aromatic rings. The number of hydrogen-bond donors (Lipinski definition) is 2. The van der Waals surface area contributed by atoms with Crippen LogP contribution in [0.1, 0.15) is 25.7 Å². The molecule has 1 aliphatic heterocycles. The van der Waals surface area contributed by atoms with Gasteiger partial charge in [-0.05, 0) is 12.8 Å². The molecule has 0 unspecified atom stereocenters. The number of nitrogens with zero attached hydrogens (tertiary/aromatic N) is 1. The van der Waals surface area contributed by atoms with Crippen LogP contribution in [0, 0.1) is 0 Å².